The molecule has 1 amide bonds. The fourth-order valence-corrected chi connectivity index (χ4v) is 5.48. The van der Waals surface area contributed by atoms with Crippen LogP contribution in [-0.4, -0.2) is 69.5 Å². The van der Waals surface area contributed by atoms with E-state index in [1.807, 2.05) is 31.2 Å². The highest BCUT2D eigenvalue weighted by Gasteiger charge is 2.31. The first kappa shape index (κ1) is 23.4. The average Bonchev–Trinajstić information content (AvgIpc) is 3.08. The number of piperazine rings is 1. The summed E-state index contributed by atoms with van der Waals surface area (Å²) in [5.41, 5.74) is 1.00. The van der Waals surface area contributed by atoms with Crippen LogP contribution < -0.4 is 14.2 Å². The summed E-state index contributed by atoms with van der Waals surface area (Å²) in [6, 6.07) is 12.5. The van der Waals surface area contributed by atoms with E-state index in [9.17, 15) is 13.2 Å². The molecule has 0 aromatic heterocycles. The van der Waals surface area contributed by atoms with Crippen molar-refractivity contribution in [3.05, 3.63) is 48.0 Å². The number of fused-ring (bicyclic) bond motifs is 1. The van der Waals surface area contributed by atoms with Crippen molar-refractivity contribution in [3.63, 3.8) is 0 Å². The Kier molecular flexibility index (Phi) is 7.39. The standard InChI is InChI=1S/C24H30N2O6S/c1-2-30-21-7-4-3-6-19(21)8-11-24(27)25-12-14-26(15-13-25)33(28,29)20-9-10-22-23(18-20)32-17-5-16-31-22/h3-4,6-7,9-10,18H,2,5,8,11-17H2,1H3. The third kappa shape index (κ3) is 5.42. The second-order valence-corrected chi connectivity index (χ2v) is 9.92. The SMILES string of the molecule is CCOc1ccccc1CCC(=O)N1CCN(S(=O)(=O)c2ccc3c(c2)OCCCO3)CC1. The van der Waals surface area contributed by atoms with E-state index in [1.54, 1.807) is 17.0 Å². The summed E-state index contributed by atoms with van der Waals surface area (Å²) < 4.78 is 44.6. The fraction of sp³-hybridized carbons (Fsp3) is 0.458. The number of rotatable bonds is 7. The van der Waals surface area contributed by atoms with Gasteiger partial charge in [-0.1, -0.05) is 18.2 Å². The molecule has 4 rings (SSSR count). The monoisotopic (exact) mass is 474 g/mol. The molecule has 1 fully saturated rings. The second-order valence-electron chi connectivity index (χ2n) is 7.98. The maximum Gasteiger partial charge on any atom is 0.243 e. The van der Waals surface area contributed by atoms with E-state index >= 15 is 0 Å². The number of benzene rings is 2. The minimum Gasteiger partial charge on any atom is -0.494 e. The van der Waals surface area contributed by atoms with Gasteiger partial charge in [-0.15, -0.1) is 0 Å². The van der Waals surface area contributed by atoms with E-state index in [4.69, 9.17) is 14.2 Å². The number of sulfonamides is 1. The Morgan fingerprint density at radius 3 is 2.48 bits per heavy atom. The van der Waals surface area contributed by atoms with Crippen molar-refractivity contribution < 1.29 is 27.4 Å². The molecule has 2 aromatic carbocycles. The van der Waals surface area contributed by atoms with Gasteiger partial charge in [-0.05, 0) is 37.1 Å². The number of carbonyl (C=O) groups is 1. The van der Waals surface area contributed by atoms with Crippen LogP contribution in [0.3, 0.4) is 0 Å². The van der Waals surface area contributed by atoms with Gasteiger partial charge in [0.15, 0.2) is 11.5 Å². The average molecular weight is 475 g/mol. The summed E-state index contributed by atoms with van der Waals surface area (Å²) in [6.45, 7) is 4.81. The highest BCUT2D eigenvalue weighted by atomic mass is 32.2. The van der Waals surface area contributed by atoms with Crippen molar-refractivity contribution in [1.82, 2.24) is 9.21 Å². The molecule has 0 radical (unpaired) electrons. The zero-order valence-electron chi connectivity index (χ0n) is 18.9. The van der Waals surface area contributed by atoms with Crippen LogP contribution in [-0.2, 0) is 21.2 Å². The Labute approximate surface area is 195 Å². The Balaban J connectivity index is 1.34. The molecule has 8 nitrogen and oxygen atoms in total. The molecule has 2 aliphatic heterocycles. The number of aryl methyl sites for hydroxylation is 1. The Morgan fingerprint density at radius 2 is 1.73 bits per heavy atom. The van der Waals surface area contributed by atoms with E-state index in [2.05, 4.69) is 0 Å². The van der Waals surface area contributed by atoms with Crippen molar-refractivity contribution in [2.45, 2.75) is 31.1 Å². The summed E-state index contributed by atoms with van der Waals surface area (Å²) in [4.78, 5) is 14.7. The molecule has 0 unspecified atom stereocenters. The summed E-state index contributed by atoms with van der Waals surface area (Å²) >= 11 is 0. The van der Waals surface area contributed by atoms with E-state index in [0.29, 0.717) is 57.3 Å². The lowest BCUT2D eigenvalue weighted by atomic mass is 10.1. The smallest absolute Gasteiger partial charge is 0.243 e. The first-order valence-electron chi connectivity index (χ1n) is 11.4. The van der Waals surface area contributed by atoms with E-state index in [-0.39, 0.29) is 23.9 Å². The number of hydrogen-bond donors (Lipinski definition) is 0. The van der Waals surface area contributed by atoms with Gasteiger partial charge < -0.3 is 19.1 Å². The summed E-state index contributed by atoms with van der Waals surface area (Å²) in [7, 11) is -3.68. The summed E-state index contributed by atoms with van der Waals surface area (Å²) in [5, 5.41) is 0. The van der Waals surface area contributed by atoms with Crippen molar-refractivity contribution in [1.29, 1.82) is 0 Å². The Hall–Kier alpha value is -2.78. The molecule has 33 heavy (non-hydrogen) atoms. The zero-order valence-corrected chi connectivity index (χ0v) is 19.7. The van der Waals surface area contributed by atoms with Crippen LogP contribution in [0.4, 0.5) is 0 Å². The van der Waals surface area contributed by atoms with E-state index in [0.717, 1.165) is 17.7 Å². The fourth-order valence-electron chi connectivity index (χ4n) is 4.04. The first-order chi connectivity index (χ1) is 16.0. The van der Waals surface area contributed by atoms with Gasteiger partial charge in [0, 0.05) is 45.1 Å². The van der Waals surface area contributed by atoms with Crippen molar-refractivity contribution in [2.75, 3.05) is 46.0 Å². The highest BCUT2D eigenvalue weighted by Crippen LogP contribution is 2.33. The molecule has 0 atom stereocenters. The number of nitrogens with zero attached hydrogens (tertiary/aromatic N) is 2. The molecular formula is C24H30N2O6S. The molecule has 178 valence electrons. The first-order valence-corrected chi connectivity index (χ1v) is 12.8. The number of ether oxygens (including phenoxy) is 3. The Morgan fingerprint density at radius 1 is 1.00 bits per heavy atom. The van der Waals surface area contributed by atoms with Crippen molar-refractivity contribution >= 4 is 15.9 Å². The molecule has 1 saturated heterocycles. The van der Waals surface area contributed by atoms with Gasteiger partial charge in [0.1, 0.15) is 5.75 Å². The minimum absolute atomic E-state index is 0.0222. The molecule has 0 saturated carbocycles. The third-order valence-corrected chi connectivity index (χ3v) is 7.72. The highest BCUT2D eigenvalue weighted by molar-refractivity contribution is 7.89. The quantitative estimate of drug-likeness (QED) is 0.614. The third-order valence-electron chi connectivity index (χ3n) is 5.83. The largest absolute Gasteiger partial charge is 0.494 e. The zero-order chi connectivity index (χ0) is 23.3. The lowest BCUT2D eigenvalue weighted by Crippen LogP contribution is -2.50. The topological polar surface area (TPSA) is 85.4 Å². The molecule has 2 aliphatic rings. The molecule has 2 aromatic rings. The van der Waals surface area contributed by atoms with E-state index < -0.39 is 10.0 Å². The van der Waals surface area contributed by atoms with Crippen LogP contribution in [0.1, 0.15) is 25.3 Å². The summed E-state index contributed by atoms with van der Waals surface area (Å²) in [5.74, 6) is 1.84. The van der Waals surface area contributed by atoms with Gasteiger partial charge in [0.25, 0.3) is 0 Å². The molecule has 0 aliphatic carbocycles. The molecule has 0 N–H and O–H groups in total. The van der Waals surface area contributed by atoms with Crippen LogP contribution >= 0.6 is 0 Å². The van der Waals surface area contributed by atoms with Crippen LogP contribution in [0, 0.1) is 0 Å². The Bertz CT molecular complexity index is 1080. The lowest BCUT2D eigenvalue weighted by Gasteiger charge is -2.34. The van der Waals surface area contributed by atoms with Gasteiger partial charge in [-0.3, -0.25) is 4.79 Å². The van der Waals surface area contributed by atoms with Gasteiger partial charge in [0.2, 0.25) is 15.9 Å². The van der Waals surface area contributed by atoms with Crippen molar-refractivity contribution in [2.24, 2.45) is 0 Å². The maximum atomic E-state index is 13.2. The normalized spacial score (nSPS) is 16.8. The van der Waals surface area contributed by atoms with Crippen LogP contribution in [0.15, 0.2) is 47.4 Å². The number of carbonyl (C=O) groups excluding carboxylic acids is 1. The van der Waals surface area contributed by atoms with Crippen LogP contribution in [0.25, 0.3) is 0 Å². The lowest BCUT2D eigenvalue weighted by molar-refractivity contribution is -0.132. The summed E-state index contributed by atoms with van der Waals surface area (Å²) in [6.07, 6.45) is 1.70. The molecular weight excluding hydrogens is 444 g/mol. The van der Waals surface area contributed by atoms with Gasteiger partial charge in [-0.25, -0.2) is 8.42 Å². The molecule has 9 heteroatoms. The van der Waals surface area contributed by atoms with Crippen LogP contribution in [0.2, 0.25) is 0 Å². The number of amides is 1. The molecule has 0 spiro atoms. The van der Waals surface area contributed by atoms with Gasteiger partial charge in [0.05, 0.1) is 24.7 Å². The second kappa shape index (κ2) is 10.4. The van der Waals surface area contributed by atoms with Gasteiger partial charge in [-0.2, -0.15) is 4.31 Å². The predicted octanol–water partition coefficient (Wildman–Crippen LogP) is 2.71. The number of hydrogen-bond acceptors (Lipinski definition) is 6. The number of para-hydroxylation sites is 1. The van der Waals surface area contributed by atoms with Crippen LogP contribution in [0.5, 0.6) is 17.2 Å². The minimum atomic E-state index is -3.68. The predicted molar refractivity (Wildman–Crippen MR) is 123 cm³/mol. The van der Waals surface area contributed by atoms with E-state index in [1.165, 1.54) is 10.4 Å². The molecule has 0 bridgehead atoms. The van der Waals surface area contributed by atoms with Crippen molar-refractivity contribution in [3.8, 4) is 17.2 Å². The molecule has 2 heterocycles. The maximum absolute atomic E-state index is 13.2. The van der Waals surface area contributed by atoms with Gasteiger partial charge >= 0.3 is 0 Å².